The van der Waals surface area contributed by atoms with E-state index in [0.717, 1.165) is 5.56 Å². The molecule has 0 aliphatic rings. The molecule has 7 heteroatoms. The molecule has 0 spiro atoms. The van der Waals surface area contributed by atoms with Gasteiger partial charge in [-0.05, 0) is 29.8 Å². The Morgan fingerprint density at radius 2 is 1.65 bits per heavy atom. The van der Waals surface area contributed by atoms with Gasteiger partial charge in [-0.15, -0.1) is 0 Å². The normalized spacial score (nSPS) is 10.7. The largest absolute Gasteiger partial charge is 0.496 e. The number of hydrogen-bond acceptors (Lipinski definition) is 4. The standard InChI is InChI=1S/C19H19Cl2NO4/c1-24-16-10-18(26-3)17(25-2)8-12(16)5-7-19(23)22-11-13-4-6-14(20)9-15(13)21/h4-10H,11H2,1-3H3,(H,22,23)/b7-5+. The Morgan fingerprint density at radius 1 is 1.00 bits per heavy atom. The lowest BCUT2D eigenvalue weighted by atomic mass is 10.1. The molecule has 0 fully saturated rings. The number of hydrogen-bond donors (Lipinski definition) is 1. The van der Waals surface area contributed by atoms with Crippen LogP contribution in [0.4, 0.5) is 0 Å². The van der Waals surface area contributed by atoms with Gasteiger partial charge in [-0.25, -0.2) is 0 Å². The zero-order valence-electron chi connectivity index (χ0n) is 14.6. The monoisotopic (exact) mass is 395 g/mol. The topological polar surface area (TPSA) is 56.8 Å². The average Bonchev–Trinajstić information content (AvgIpc) is 2.64. The number of methoxy groups -OCH3 is 3. The summed E-state index contributed by atoms with van der Waals surface area (Å²) in [5, 5.41) is 3.82. The first-order valence-corrected chi connectivity index (χ1v) is 8.44. The maximum Gasteiger partial charge on any atom is 0.244 e. The van der Waals surface area contributed by atoms with Crippen LogP contribution in [-0.4, -0.2) is 27.2 Å². The van der Waals surface area contributed by atoms with Crippen LogP contribution in [0.15, 0.2) is 36.4 Å². The molecule has 138 valence electrons. The van der Waals surface area contributed by atoms with E-state index in [2.05, 4.69) is 5.32 Å². The summed E-state index contributed by atoms with van der Waals surface area (Å²) in [4.78, 5) is 12.1. The van der Waals surface area contributed by atoms with Gasteiger partial charge in [-0.1, -0.05) is 29.3 Å². The third kappa shape index (κ3) is 5.07. The Morgan fingerprint density at radius 3 is 2.27 bits per heavy atom. The van der Waals surface area contributed by atoms with E-state index in [1.807, 2.05) is 0 Å². The molecule has 0 bridgehead atoms. The molecule has 0 radical (unpaired) electrons. The van der Waals surface area contributed by atoms with E-state index in [-0.39, 0.29) is 5.91 Å². The average molecular weight is 396 g/mol. The predicted octanol–water partition coefficient (Wildman–Crippen LogP) is 4.35. The Bertz CT molecular complexity index is 821. The fourth-order valence-electron chi connectivity index (χ4n) is 2.25. The summed E-state index contributed by atoms with van der Waals surface area (Å²) in [6.07, 6.45) is 3.05. The minimum absolute atomic E-state index is 0.271. The van der Waals surface area contributed by atoms with Gasteiger partial charge in [0.05, 0.1) is 21.3 Å². The second-order valence-electron chi connectivity index (χ2n) is 5.24. The first kappa shape index (κ1) is 19.9. The number of nitrogens with one attached hydrogen (secondary N) is 1. The zero-order chi connectivity index (χ0) is 19.1. The highest BCUT2D eigenvalue weighted by Crippen LogP contribution is 2.35. The lowest BCUT2D eigenvalue weighted by Gasteiger charge is -2.12. The highest BCUT2D eigenvalue weighted by atomic mass is 35.5. The molecule has 0 unspecified atom stereocenters. The fraction of sp³-hybridized carbons (Fsp3) is 0.211. The summed E-state index contributed by atoms with van der Waals surface area (Å²) >= 11 is 11.9. The number of halogens is 2. The van der Waals surface area contributed by atoms with Gasteiger partial charge in [0, 0.05) is 34.3 Å². The van der Waals surface area contributed by atoms with Crippen LogP contribution < -0.4 is 19.5 Å². The number of benzene rings is 2. The number of rotatable bonds is 7. The van der Waals surface area contributed by atoms with Crippen molar-refractivity contribution in [3.8, 4) is 17.2 Å². The summed E-state index contributed by atoms with van der Waals surface area (Å²) in [6.45, 7) is 0.294. The van der Waals surface area contributed by atoms with Gasteiger partial charge in [0.15, 0.2) is 11.5 Å². The van der Waals surface area contributed by atoms with E-state index in [0.29, 0.717) is 39.4 Å². The molecule has 0 saturated heterocycles. The molecule has 0 saturated carbocycles. The molecule has 2 rings (SSSR count). The molecule has 1 N–H and O–H groups in total. The Labute approximate surface area is 162 Å². The molecule has 26 heavy (non-hydrogen) atoms. The highest BCUT2D eigenvalue weighted by molar-refractivity contribution is 6.35. The van der Waals surface area contributed by atoms with E-state index in [1.54, 1.807) is 57.7 Å². The van der Waals surface area contributed by atoms with Gasteiger partial charge in [-0.3, -0.25) is 4.79 Å². The van der Waals surface area contributed by atoms with Crippen molar-refractivity contribution in [2.45, 2.75) is 6.54 Å². The molecule has 2 aromatic carbocycles. The smallest absolute Gasteiger partial charge is 0.244 e. The van der Waals surface area contributed by atoms with Crippen LogP contribution in [0.2, 0.25) is 10.0 Å². The van der Waals surface area contributed by atoms with E-state index in [9.17, 15) is 4.79 Å². The van der Waals surface area contributed by atoms with Crippen LogP contribution in [0.1, 0.15) is 11.1 Å². The van der Waals surface area contributed by atoms with Gasteiger partial charge in [0.1, 0.15) is 5.75 Å². The summed E-state index contributed by atoms with van der Waals surface area (Å²) < 4.78 is 15.8. The zero-order valence-corrected chi connectivity index (χ0v) is 16.1. The van der Waals surface area contributed by atoms with Crippen LogP contribution in [0.3, 0.4) is 0 Å². The van der Waals surface area contributed by atoms with E-state index in [4.69, 9.17) is 37.4 Å². The maximum absolute atomic E-state index is 12.1. The van der Waals surface area contributed by atoms with Crippen molar-refractivity contribution in [3.05, 3.63) is 57.6 Å². The van der Waals surface area contributed by atoms with E-state index < -0.39 is 0 Å². The SMILES string of the molecule is COc1cc(OC)c(OC)cc1/C=C/C(=O)NCc1ccc(Cl)cc1Cl. The van der Waals surface area contributed by atoms with Crippen molar-refractivity contribution in [3.63, 3.8) is 0 Å². The lowest BCUT2D eigenvalue weighted by Crippen LogP contribution is -2.20. The van der Waals surface area contributed by atoms with Crippen LogP contribution in [0.5, 0.6) is 17.2 Å². The molecule has 0 heterocycles. The van der Waals surface area contributed by atoms with Gasteiger partial charge in [0.25, 0.3) is 0 Å². The van der Waals surface area contributed by atoms with Gasteiger partial charge >= 0.3 is 0 Å². The summed E-state index contributed by atoms with van der Waals surface area (Å²) in [6, 6.07) is 8.56. The molecule has 0 atom stereocenters. The first-order chi connectivity index (χ1) is 12.5. The summed E-state index contributed by atoms with van der Waals surface area (Å²) in [5.41, 5.74) is 1.46. The van der Waals surface area contributed by atoms with Gasteiger partial charge in [-0.2, -0.15) is 0 Å². The number of carbonyl (C=O) groups is 1. The number of carbonyl (C=O) groups excluding carboxylic acids is 1. The van der Waals surface area contributed by atoms with Crippen molar-refractivity contribution < 1.29 is 19.0 Å². The van der Waals surface area contributed by atoms with Crippen molar-refractivity contribution in [2.24, 2.45) is 0 Å². The second kappa shape index (κ2) is 9.36. The third-order valence-corrected chi connectivity index (χ3v) is 4.21. The number of ether oxygens (including phenoxy) is 3. The molecule has 0 aliphatic carbocycles. The van der Waals surface area contributed by atoms with Crippen molar-refractivity contribution in [1.29, 1.82) is 0 Å². The van der Waals surface area contributed by atoms with Crippen molar-refractivity contribution in [1.82, 2.24) is 5.32 Å². The third-order valence-electron chi connectivity index (χ3n) is 3.62. The van der Waals surface area contributed by atoms with Crippen molar-refractivity contribution in [2.75, 3.05) is 21.3 Å². The minimum Gasteiger partial charge on any atom is -0.496 e. The van der Waals surface area contributed by atoms with E-state index in [1.165, 1.54) is 6.08 Å². The molecule has 5 nitrogen and oxygen atoms in total. The molecule has 2 aromatic rings. The first-order valence-electron chi connectivity index (χ1n) is 7.68. The fourth-order valence-corrected chi connectivity index (χ4v) is 2.73. The van der Waals surface area contributed by atoms with Crippen LogP contribution >= 0.6 is 23.2 Å². The minimum atomic E-state index is -0.271. The van der Waals surface area contributed by atoms with Gasteiger partial charge in [0.2, 0.25) is 5.91 Å². The van der Waals surface area contributed by atoms with Crippen LogP contribution in [0.25, 0.3) is 6.08 Å². The molecule has 0 aliphatic heterocycles. The molecule has 1 amide bonds. The number of amides is 1. The second-order valence-corrected chi connectivity index (χ2v) is 6.08. The van der Waals surface area contributed by atoms with Crippen LogP contribution in [0, 0.1) is 0 Å². The lowest BCUT2D eigenvalue weighted by molar-refractivity contribution is -0.116. The maximum atomic E-state index is 12.1. The molecular weight excluding hydrogens is 377 g/mol. The summed E-state index contributed by atoms with van der Waals surface area (Å²) in [5.74, 6) is 1.38. The van der Waals surface area contributed by atoms with Crippen LogP contribution in [-0.2, 0) is 11.3 Å². The molecular formula is C19H19Cl2NO4. The van der Waals surface area contributed by atoms with E-state index >= 15 is 0 Å². The quantitative estimate of drug-likeness (QED) is 0.708. The Balaban J connectivity index is 2.09. The predicted molar refractivity (Wildman–Crippen MR) is 103 cm³/mol. The Hall–Kier alpha value is -2.37. The van der Waals surface area contributed by atoms with Gasteiger partial charge < -0.3 is 19.5 Å². The Kier molecular flexibility index (Phi) is 7.18. The highest BCUT2D eigenvalue weighted by Gasteiger charge is 2.10. The molecule has 0 aromatic heterocycles. The summed E-state index contributed by atoms with van der Waals surface area (Å²) in [7, 11) is 4.63. The van der Waals surface area contributed by atoms with Crippen molar-refractivity contribution >= 4 is 35.2 Å².